The minimum Gasteiger partial charge on any atom is -0.345 e. The standard InChI is InChI=1S/C26H35N5O3S/c1-26(2,3)20-8-10-21(11-9-20)35(33,34)31-15-13-30(14-16-31)18-24-27-22-17-19(25(32)28(4)5)7-12-23(22)29(24)6/h7-12,17H,13-16,18H2,1-6H3. The zero-order chi connectivity index (χ0) is 25.5. The van der Waals surface area contributed by atoms with Crippen LogP contribution in [0.2, 0.25) is 0 Å². The average Bonchev–Trinajstić information content (AvgIpc) is 3.12. The van der Waals surface area contributed by atoms with Crippen LogP contribution < -0.4 is 0 Å². The highest BCUT2D eigenvalue weighted by atomic mass is 32.2. The molecule has 0 radical (unpaired) electrons. The maximum absolute atomic E-state index is 13.2. The molecule has 0 aliphatic carbocycles. The van der Waals surface area contributed by atoms with E-state index in [1.54, 1.807) is 35.4 Å². The van der Waals surface area contributed by atoms with Crippen LogP contribution in [-0.4, -0.2) is 78.3 Å². The van der Waals surface area contributed by atoms with Crippen LogP contribution in [0, 0.1) is 0 Å². The van der Waals surface area contributed by atoms with E-state index in [1.807, 2.05) is 41.9 Å². The van der Waals surface area contributed by atoms with Crippen molar-refractivity contribution in [3.63, 3.8) is 0 Å². The number of piperazine rings is 1. The number of carbonyl (C=O) groups excluding carboxylic acids is 1. The van der Waals surface area contributed by atoms with Crippen molar-refractivity contribution in [1.29, 1.82) is 0 Å². The van der Waals surface area contributed by atoms with Gasteiger partial charge in [0.2, 0.25) is 10.0 Å². The van der Waals surface area contributed by atoms with Crippen LogP contribution in [0.25, 0.3) is 11.0 Å². The van der Waals surface area contributed by atoms with E-state index >= 15 is 0 Å². The summed E-state index contributed by atoms with van der Waals surface area (Å²) in [7, 11) is 1.92. The lowest BCUT2D eigenvalue weighted by molar-refractivity contribution is 0.0827. The van der Waals surface area contributed by atoms with Crippen molar-refractivity contribution < 1.29 is 13.2 Å². The van der Waals surface area contributed by atoms with Crippen molar-refractivity contribution in [3.8, 4) is 0 Å². The predicted octanol–water partition coefficient (Wildman–Crippen LogP) is 3.08. The molecule has 0 bridgehead atoms. The van der Waals surface area contributed by atoms with Gasteiger partial charge in [-0.15, -0.1) is 0 Å². The summed E-state index contributed by atoms with van der Waals surface area (Å²) in [6.45, 7) is 9.10. The summed E-state index contributed by atoms with van der Waals surface area (Å²) in [4.78, 5) is 21.2. The Hall–Kier alpha value is -2.75. The molecule has 35 heavy (non-hydrogen) atoms. The molecule has 2 aromatic carbocycles. The van der Waals surface area contributed by atoms with E-state index < -0.39 is 10.0 Å². The van der Waals surface area contributed by atoms with Crippen molar-refractivity contribution in [1.82, 2.24) is 23.7 Å². The van der Waals surface area contributed by atoms with Crippen LogP contribution in [-0.2, 0) is 29.0 Å². The van der Waals surface area contributed by atoms with Crippen LogP contribution >= 0.6 is 0 Å². The average molecular weight is 498 g/mol. The molecule has 0 N–H and O–H groups in total. The summed E-state index contributed by atoms with van der Waals surface area (Å²) in [5.41, 5.74) is 3.46. The van der Waals surface area contributed by atoms with Crippen LogP contribution in [0.1, 0.15) is 42.5 Å². The first-order chi connectivity index (χ1) is 16.4. The number of carbonyl (C=O) groups is 1. The van der Waals surface area contributed by atoms with Gasteiger partial charge in [-0.05, 0) is 41.3 Å². The number of hydrogen-bond donors (Lipinski definition) is 0. The molecule has 1 aromatic heterocycles. The van der Waals surface area contributed by atoms with E-state index in [1.165, 1.54) is 0 Å². The summed E-state index contributed by atoms with van der Waals surface area (Å²) < 4.78 is 30.0. The van der Waals surface area contributed by atoms with E-state index in [0.29, 0.717) is 43.2 Å². The van der Waals surface area contributed by atoms with E-state index in [2.05, 4.69) is 25.7 Å². The third kappa shape index (κ3) is 5.12. The fourth-order valence-electron chi connectivity index (χ4n) is 4.39. The van der Waals surface area contributed by atoms with Gasteiger partial charge in [0.05, 0.1) is 22.5 Å². The first kappa shape index (κ1) is 25.3. The zero-order valence-corrected chi connectivity index (χ0v) is 22.3. The van der Waals surface area contributed by atoms with Gasteiger partial charge in [0.25, 0.3) is 5.91 Å². The molecule has 1 aliphatic rings. The van der Waals surface area contributed by atoms with Gasteiger partial charge in [0.1, 0.15) is 5.82 Å². The fourth-order valence-corrected chi connectivity index (χ4v) is 5.81. The van der Waals surface area contributed by atoms with Gasteiger partial charge in [0.15, 0.2) is 0 Å². The molecule has 2 heterocycles. The molecule has 0 unspecified atom stereocenters. The minimum absolute atomic E-state index is 0.0207. The lowest BCUT2D eigenvalue weighted by atomic mass is 9.87. The number of amides is 1. The predicted molar refractivity (Wildman–Crippen MR) is 138 cm³/mol. The Balaban J connectivity index is 1.43. The number of rotatable bonds is 5. The minimum atomic E-state index is -3.52. The van der Waals surface area contributed by atoms with Gasteiger partial charge in [-0.3, -0.25) is 9.69 Å². The second-order valence-corrected chi connectivity index (χ2v) is 12.4. The number of aromatic nitrogens is 2. The van der Waals surface area contributed by atoms with Crippen molar-refractivity contribution in [2.75, 3.05) is 40.3 Å². The fraction of sp³-hybridized carbons (Fsp3) is 0.462. The molecular formula is C26H35N5O3S. The lowest BCUT2D eigenvalue weighted by Crippen LogP contribution is -2.48. The lowest BCUT2D eigenvalue weighted by Gasteiger charge is -2.33. The molecule has 0 atom stereocenters. The number of aryl methyl sites for hydroxylation is 1. The Bertz CT molecular complexity index is 1330. The maximum atomic E-state index is 13.2. The molecule has 1 amide bonds. The summed E-state index contributed by atoms with van der Waals surface area (Å²) in [6, 6.07) is 12.8. The highest BCUT2D eigenvalue weighted by molar-refractivity contribution is 7.89. The van der Waals surface area contributed by atoms with Crippen LogP contribution in [0.4, 0.5) is 0 Å². The van der Waals surface area contributed by atoms with Gasteiger partial charge in [-0.2, -0.15) is 4.31 Å². The second kappa shape index (κ2) is 9.37. The van der Waals surface area contributed by atoms with E-state index in [-0.39, 0.29) is 11.3 Å². The molecule has 1 aliphatic heterocycles. The van der Waals surface area contributed by atoms with Crippen LogP contribution in [0.5, 0.6) is 0 Å². The van der Waals surface area contributed by atoms with E-state index in [0.717, 1.165) is 22.4 Å². The van der Waals surface area contributed by atoms with Gasteiger partial charge >= 0.3 is 0 Å². The molecule has 1 fully saturated rings. The van der Waals surface area contributed by atoms with Crippen molar-refractivity contribution in [2.45, 2.75) is 37.6 Å². The first-order valence-corrected chi connectivity index (χ1v) is 13.3. The highest BCUT2D eigenvalue weighted by Gasteiger charge is 2.29. The molecule has 188 valence electrons. The van der Waals surface area contributed by atoms with Crippen LogP contribution in [0.3, 0.4) is 0 Å². The molecule has 0 saturated carbocycles. The highest BCUT2D eigenvalue weighted by Crippen LogP contribution is 2.25. The van der Waals surface area contributed by atoms with Gasteiger partial charge in [0, 0.05) is 52.9 Å². The Morgan fingerprint density at radius 1 is 1.00 bits per heavy atom. The van der Waals surface area contributed by atoms with Gasteiger partial charge in [-0.25, -0.2) is 13.4 Å². The molecule has 8 nitrogen and oxygen atoms in total. The summed E-state index contributed by atoms with van der Waals surface area (Å²) >= 11 is 0. The Kier molecular flexibility index (Phi) is 6.78. The Labute approximate surface area is 208 Å². The summed E-state index contributed by atoms with van der Waals surface area (Å²) in [6.07, 6.45) is 0. The third-order valence-electron chi connectivity index (χ3n) is 6.68. The number of hydrogen-bond acceptors (Lipinski definition) is 5. The second-order valence-electron chi connectivity index (χ2n) is 10.4. The van der Waals surface area contributed by atoms with Crippen molar-refractivity contribution >= 4 is 27.0 Å². The molecule has 9 heteroatoms. The number of sulfonamides is 1. The van der Waals surface area contributed by atoms with E-state index in [9.17, 15) is 13.2 Å². The topological polar surface area (TPSA) is 78.8 Å². The quantitative estimate of drug-likeness (QED) is 0.541. The Morgan fingerprint density at radius 3 is 2.20 bits per heavy atom. The third-order valence-corrected chi connectivity index (χ3v) is 8.59. The van der Waals surface area contributed by atoms with Gasteiger partial charge in [-0.1, -0.05) is 32.9 Å². The monoisotopic (exact) mass is 497 g/mol. The molecular weight excluding hydrogens is 462 g/mol. The number of benzene rings is 2. The number of fused-ring (bicyclic) bond motifs is 1. The normalized spacial score (nSPS) is 16.1. The molecule has 4 rings (SSSR count). The number of nitrogens with zero attached hydrogens (tertiary/aromatic N) is 5. The Morgan fingerprint density at radius 2 is 1.63 bits per heavy atom. The molecule has 1 saturated heterocycles. The van der Waals surface area contributed by atoms with E-state index in [4.69, 9.17) is 4.98 Å². The maximum Gasteiger partial charge on any atom is 0.253 e. The summed E-state index contributed by atoms with van der Waals surface area (Å²) in [5.74, 6) is 0.841. The largest absolute Gasteiger partial charge is 0.345 e. The summed E-state index contributed by atoms with van der Waals surface area (Å²) in [5, 5.41) is 0. The zero-order valence-electron chi connectivity index (χ0n) is 21.4. The van der Waals surface area contributed by atoms with Crippen molar-refractivity contribution in [3.05, 3.63) is 59.4 Å². The first-order valence-electron chi connectivity index (χ1n) is 11.9. The number of imidazole rings is 1. The van der Waals surface area contributed by atoms with Gasteiger partial charge < -0.3 is 9.47 Å². The molecule has 3 aromatic rings. The molecule has 0 spiro atoms. The smallest absolute Gasteiger partial charge is 0.253 e. The van der Waals surface area contributed by atoms with Crippen molar-refractivity contribution in [2.24, 2.45) is 7.05 Å². The van der Waals surface area contributed by atoms with Crippen LogP contribution in [0.15, 0.2) is 47.4 Å². The SMILES string of the molecule is CN(C)C(=O)c1ccc2c(c1)nc(CN1CCN(S(=O)(=O)c3ccc(C(C)(C)C)cc3)CC1)n2C.